The highest BCUT2D eigenvalue weighted by Crippen LogP contribution is 2.39. The van der Waals surface area contributed by atoms with E-state index in [1.54, 1.807) is 24.3 Å². The highest BCUT2D eigenvalue weighted by molar-refractivity contribution is 7.89. The van der Waals surface area contributed by atoms with Crippen LogP contribution < -0.4 is 10.5 Å². The van der Waals surface area contributed by atoms with Crippen molar-refractivity contribution in [3.63, 3.8) is 0 Å². The topological polar surface area (TPSA) is 142 Å². The van der Waals surface area contributed by atoms with Crippen LogP contribution in [0.1, 0.15) is 67.7 Å². The van der Waals surface area contributed by atoms with Crippen LogP contribution in [0.5, 0.6) is 11.5 Å². The van der Waals surface area contributed by atoms with E-state index in [0.29, 0.717) is 37.0 Å². The van der Waals surface area contributed by atoms with E-state index in [9.17, 15) is 23.7 Å². The monoisotopic (exact) mass is 506 g/mol. The third-order valence-corrected chi connectivity index (χ3v) is 7.60. The largest absolute Gasteiger partial charge is 0.504 e. The van der Waals surface area contributed by atoms with Crippen molar-refractivity contribution < 1.29 is 28.5 Å². The quantitative estimate of drug-likeness (QED) is 0.195. The van der Waals surface area contributed by atoms with Gasteiger partial charge in [-0.2, -0.15) is 0 Å². The number of aliphatic hydroxyl groups is 1. The van der Waals surface area contributed by atoms with Crippen molar-refractivity contribution in [3.05, 3.63) is 53.1 Å². The number of hydrogen-bond donors (Lipinski definition) is 5. The number of benzene rings is 2. The molecule has 0 spiro atoms. The number of fused-ring (bicyclic) bond motifs is 1. The molecule has 0 radical (unpaired) electrons. The molecular weight excluding hydrogens is 468 g/mol. The van der Waals surface area contributed by atoms with E-state index >= 15 is 0 Å². The highest BCUT2D eigenvalue weighted by atomic mass is 32.2. The van der Waals surface area contributed by atoms with E-state index in [1.807, 2.05) is 6.07 Å². The second-order valence-corrected chi connectivity index (χ2v) is 10.7. The summed E-state index contributed by atoms with van der Waals surface area (Å²) in [6, 6.07) is 9.92. The number of phenolic OH excluding ortho intramolecular Hbond substituents is 2. The lowest BCUT2D eigenvalue weighted by molar-refractivity contribution is 0.113. The molecule has 6 N–H and O–H groups in total. The van der Waals surface area contributed by atoms with Crippen LogP contribution in [0.25, 0.3) is 0 Å². The minimum absolute atomic E-state index is 0.0494. The SMILES string of the molecule is NS(=O)(=O)c1ccccc1CCCCOCCCCCCN[C@@H]1CCc2c(ccc(O)c2O)[C@H]1O. The van der Waals surface area contributed by atoms with Crippen molar-refractivity contribution >= 4 is 10.0 Å². The van der Waals surface area contributed by atoms with Crippen molar-refractivity contribution in [3.8, 4) is 11.5 Å². The van der Waals surface area contributed by atoms with Gasteiger partial charge in [-0.3, -0.25) is 0 Å². The molecule has 194 valence electrons. The Bertz CT molecular complexity index is 1060. The zero-order valence-electron chi connectivity index (χ0n) is 20.2. The predicted octanol–water partition coefficient (Wildman–Crippen LogP) is 3.28. The number of unbranched alkanes of at least 4 members (excludes halogenated alkanes) is 4. The maximum absolute atomic E-state index is 11.6. The van der Waals surface area contributed by atoms with Crippen molar-refractivity contribution in [1.82, 2.24) is 5.32 Å². The van der Waals surface area contributed by atoms with Gasteiger partial charge < -0.3 is 25.4 Å². The molecule has 1 aliphatic rings. The molecular formula is C26H38N2O6S. The third kappa shape index (κ3) is 7.91. The van der Waals surface area contributed by atoms with E-state index in [-0.39, 0.29) is 22.4 Å². The summed E-state index contributed by atoms with van der Waals surface area (Å²) < 4.78 is 29.0. The summed E-state index contributed by atoms with van der Waals surface area (Å²) in [4.78, 5) is 0.206. The van der Waals surface area contributed by atoms with Crippen LogP contribution in [0.4, 0.5) is 0 Å². The molecule has 0 aliphatic heterocycles. The molecule has 3 rings (SSSR count). The molecule has 0 unspecified atom stereocenters. The molecule has 2 aromatic rings. The summed E-state index contributed by atoms with van der Waals surface area (Å²) >= 11 is 0. The van der Waals surface area contributed by atoms with Crippen LogP contribution in [0.15, 0.2) is 41.3 Å². The number of sulfonamides is 1. The summed E-state index contributed by atoms with van der Waals surface area (Å²) in [7, 11) is -3.69. The number of primary sulfonamides is 1. The lowest BCUT2D eigenvalue weighted by Crippen LogP contribution is -2.38. The maximum Gasteiger partial charge on any atom is 0.238 e. The van der Waals surface area contributed by atoms with Gasteiger partial charge in [0.2, 0.25) is 10.0 Å². The molecule has 0 heterocycles. The van der Waals surface area contributed by atoms with Gasteiger partial charge in [0.05, 0.1) is 11.0 Å². The first kappa shape index (κ1) is 27.4. The van der Waals surface area contributed by atoms with E-state index in [4.69, 9.17) is 9.88 Å². The summed E-state index contributed by atoms with van der Waals surface area (Å²) in [5.41, 5.74) is 2.09. The summed E-state index contributed by atoms with van der Waals surface area (Å²) in [5.74, 6) is -0.258. The van der Waals surface area contributed by atoms with Crippen LogP contribution in [0, 0.1) is 0 Å². The number of aryl methyl sites for hydroxylation is 1. The van der Waals surface area contributed by atoms with Crippen molar-refractivity contribution in [2.75, 3.05) is 19.8 Å². The van der Waals surface area contributed by atoms with Crippen LogP contribution >= 0.6 is 0 Å². The molecule has 2 aromatic carbocycles. The van der Waals surface area contributed by atoms with Crippen LogP contribution in [-0.2, 0) is 27.6 Å². The minimum atomic E-state index is -3.69. The third-order valence-electron chi connectivity index (χ3n) is 6.59. The Labute approximate surface area is 208 Å². The Morgan fingerprint density at radius 2 is 1.69 bits per heavy atom. The first-order chi connectivity index (χ1) is 16.8. The number of hydrogen-bond acceptors (Lipinski definition) is 7. The number of aromatic hydroxyl groups is 2. The number of nitrogens with one attached hydrogen (secondary N) is 1. The number of rotatable bonds is 14. The van der Waals surface area contributed by atoms with Crippen molar-refractivity contribution in [2.24, 2.45) is 5.14 Å². The maximum atomic E-state index is 11.6. The van der Waals surface area contributed by atoms with Gasteiger partial charge in [0.25, 0.3) is 0 Å². The summed E-state index contributed by atoms with van der Waals surface area (Å²) in [6.45, 7) is 2.20. The molecule has 8 nitrogen and oxygen atoms in total. The molecule has 0 bridgehead atoms. The van der Waals surface area contributed by atoms with Gasteiger partial charge in [-0.1, -0.05) is 37.1 Å². The van der Waals surface area contributed by atoms with Crippen LogP contribution in [0.3, 0.4) is 0 Å². The lowest BCUT2D eigenvalue weighted by Gasteiger charge is -2.31. The number of nitrogens with two attached hydrogens (primary N) is 1. The molecule has 9 heteroatoms. The second-order valence-electron chi connectivity index (χ2n) is 9.18. The van der Waals surface area contributed by atoms with E-state index < -0.39 is 16.1 Å². The normalized spacial score (nSPS) is 17.9. The van der Waals surface area contributed by atoms with Gasteiger partial charge in [0, 0.05) is 24.8 Å². The van der Waals surface area contributed by atoms with Crippen LogP contribution in [0.2, 0.25) is 0 Å². The van der Waals surface area contributed by atoms with Crippen molar-refractivity contribution in [2.45, 2.75) is 74.8 Å². The van der Waals surface area contributed by atoms with Gasteiger partial charge in [0.1, 0.15) is 0 Å². The minimum Gasteiger partial charge on any atom is -0.504 e. The average molecular weight is 507 g/mol. The number of aliphatic hydroxyl groups excluding tert-OH is 1. The summed E-state index contributed by atoms with van der Waals surface area (Å²) in [6.07, 6.45) is 7.19. The predicted molar refractivity (Wildman–Crippen MR) is 135 cm³/mol. The Morgan fingerprint density at radius 1 is 0.971 bits per heavy atom. The van der Waals surface area contributed by atoms with Gasteiger partial charge >= 0.3 is 0 Å². The molecule has 0 fully saturated rings. The van der Waals surface area contributed by atoms with E-state index in [2.05, 4.69) is 5.32 Å². The fourth-order valence-electron chi connectivity index (χ4n) is 4.65. The van der Waals surface area contributed by atoms with Gasteiger partial charge in [-0.25, -0.2) is 13.6 Å². The number of phenols is 2. The first-order valence-corrected chi connectivity index (χ1v) is 14.0. The molecule has 0 saturated carbocycles. The van der Waals surface area contributed by atoms with Gasteiger partial charge in [0.15, 0.2) is 11.5 Å². The molecule has 35 heavy (non-hydrogen) atoms. The van der Waals surface area contributed by atoms with Crippen molar-refractivity contribution in [1.29, 1.82) is 0 Å². The first-order valence-electron chi connectivity index (χ1n) is 12.4. The molecule has 0 aromatic heterocycles. The lowest BCUT2D eigenvalue weighted by atomic mass is 9.85. The Hall–Kier alpha value is -2.17. The van der Waals surface area contributed by atoms with Crippen LogP contribution in [-0.4, -0.2) is 49.5 Å². The van der Waals surface area contributed by atoms with E-state index in [1.165, 1.54) is 6.07 Å². The smallest absolute Gasteiger partial charge is 0.238 e. The zero-order valence-corrected chi connectivity index (χ0v) is 21.0. The molecule has 0 saturated heterocycles. The summed E-state index contributed by atoms with van der Waals surface area (Å²) in [5, 5.41) is 38.9. The Balaban J connectivity index is 1.20. The Morgan fingerprint density at radius 3 is 2.46 bits per heavy atom. The molecule has 0 amide bonds. The molecule has 2 atom stereocenters. The zero-order chi connectivity index (χ0) is 25.3. The van der Waals surface area contributed by atoms with Gasteiger partial charge in [-0.05, 0) is 74.8 Å². The molecule has 1 aliphatic carbocycles. The second kappa shape index (κ2) is 13.2. The fraction of sp³-hybridized carbons (Fsp3) is 0.538. The standard InChI is InChI=1S/C26H38N2O6S/c27-35(32,33)24-11-4-3-9-19(24)10-5-8-18-34-17-7-2-1-6-16-28-22-14-12-21-20(25(22)30)13-15-23(29)26(21)31/h3-4,9,11,13,15,22,25,28-31H,1-2,5-8,10,12,14,16-18H2,(H2,27,32,33)/t22-,25-/m1/s1. The van der Waals surface area contributed by atoms with Gasteiger partial charge in [-0.15, -0.1) is 0 Å². The Kier molecular flexibility index (Phi) is 10.4. The highest BCUT2D eigenvalue weighted by Gasteiger charge is 2.29. The fourth-order valence-corrected chi connectivity index (χ4v) is 5.45. The average Bonchev–Trinajstić information content (AvgIpc) is 2.83. The number of ether oxygens (including phenoxy) is 1. The van der Waals surface area contributed by atoms with E-state index in [0.717, 1.165) is 57.2 Å².